The number of fused-ring (bicyclic) bond motifs is 3. The van der Waals surface area contributed by atoms with Gasteiger partial charge in [-0.05, 0) is 61.3 Å². The second kappa shape index (κ2) is 5.36. The summed E-state index contributed by atoms with van der Waals surface area (Å²) in [6.45, 7) is 4.53. The van der Waals surface area contributed by atoms with E-state index in [9.17, 15) is 9.59 Å². The number of carboxylic acid groups (broad SMARTS) is 1. The smallest absolute Gasteiger partial charge is 0.328 e. The van der Waals surface area contributed by atoms with Crippen LogP contribution in [0, 0.1) is 22.7 Å². The number of aliphatic carboxylic acids is 1. The van der Waals surface area contributed by atoms with Gasteiger partial charge in [-0.15, -0.1) is 0 Å². The molecule has 0 aliphatic heterocycles. The summed E-state index contributed by atoms with van der Waals surface area (Å²) in [4.78, 5) is 22.6. The highest BCUT2D eigenvalue weighted by Gasteiger charge is 2.55. The van der Waals surface area contributed by atoms with E-state index in [1.54, 1.807) is 0 Å². The SMILES string of the molecule is C[C@]1(C=O)CCC[C@@]2(C)C1CCC1=C/C(=C\C(=O)O)CC[C@@H]12. The van der Waals surface area contributed by atoms with Gasteiger partial charge >= 0.3 is 5.97 Å². The molecule has 22 heavy (non-hydrogen) atoms. The lowest BCUT2D eigenvalue weighted by molar-refractivity contribution is -0.132. The largest absolute Gasteiger partial charge is 0.478 e. The van der Waals surface area contributed by atoms with Crippen LogP contribution in [-0.4, -0.2) is 17.4 Å². The molecule has 1 unspecified atom stereocenters. The molecule has 3 aliphatic rings. The summed E-state index contributed by atoms with van der Waals surface area (Å²) in [5.41, 5.74) is 2.41. The molecule has 0 amide bonds. The third-order valence-electron chi connectivity index (χ3n) is 6.66. The highest BCUT2D eigenvalue weighted by atomic mass is 16.4. The maximum Gasteiger partial charge on any atom is 0.328 e. The molecule has 0 aromatic heterocycles. The second-order valence-corrected chi connectivity index (χ2v) is 7.94. The Bertz CT molecular complexity index is 559. The van der Waals surface area contributed by atoms with Crippen molar-refractivity contribution in [2.45, 2.75) is 58.8 Å². The zero-order chi connectivity index (χ0) is 16.0. The average molecular weight is 302 g/mol. The normalized spacial score (nSPS) is 43.0. The van der Waals surface area contributed by atoms with E-state index in [1.165, 1.54) is 24.4 Å². The molecule has 120 valence electrons. The van der Waals surface area contributed by atoms with Crippen molar-refractivity contribution in [1.29, 1.82) is 0 Å². The fourth-order valence-corrected chi connectivity index (χ4v) is 5.66. The fraction of sp³-hybridized carbons (Fsp3) is 0.684. The summed E-state index contributed by atoms with van der Waals surface area (Å²) >= 11 is 0. The lowest BCUT2D eigenvalue weighted by Crippen LogP contribution is -2.51. The topological polar surface area (TPSA) is 54.4 Å². The highest BCUT2D eigenvalue weighted by Crippen LogP contribution is 2.62. The lowest BCUT2D eigenvalue weighted by Gasteiger charge is -2.58. The Morgan fingerprint density at radius 3 is 2.73 bits per heavy atom. The molecule has 0 radical (unpaired) electrons. The van der Waals surface area contributed by atoms with E-state index in [1.807, 2.05) is 0 Å². The van der Waals surface area contributed by atoms with E-state index >= 15 is 0 Å². The zero-order valence-electron chi connectivity index (χ0n) is 13.6. The van der Waals surface area contributed by atoms with Gasteiger partial charge in [0.1, 0.15) is 6.29 Å². The first-order chi connectivity index (χ1) is 10.4. The van der Waals surface area contributed by atoms with Crippen molar-refractivity contribution in [3.8, 4) is 0 Å². The minimum absolute atomic E-state index is 0.171. The number of rotatable bonds is 2. The van der Waals surface area contributed by atoms with E-state index in [0.29, 0.717) is 11.8 Å². The maximum absolute atomic E-state index is 11.7. The Morgan fingerprint density at radius 1 is 1.27 bits per heavy atom. The van der Waals surface area contributed by atoms with Crippen molar-refractivity contribution in [1.82, 2.24) is 0 Å². The highest BCUT2D eigenvalue weighted by molar-refractivity contribution is 5.81. The second-order valence-electron chi connectivity index (χ2n) is 7.94. The Balaban J connectivity index is 1.94. The molecule has 0 aromatic rings. The van der Waals surface area contributed by atoms with Crippen LogP contribution in [0.4, 0.5) is 0 Å². The van der Waals surface area contributed by atoms with Crippen LogP contribution < -0.4 is 0 Å². The van der Waals surface area contributed by atoms with E-state index < -0.39 is 5.97 Å². The Hall–Kier alpha value is -1.38. The van der Waals surface area contributed by atoms with Crippen molar-refractivity contribution in [2.24, 2.45) is 22.7 Å². The molecule has 3 heteroatoms. The fourth-order valence-electron chi connectivity index (χ4n) is 5.66. The summed E-state index contributed by atoms with van der Waals surface area (Å²) in [5.74, 6) is 0.145. The van der Waals surface area contributed by atoms with Crippen molar-refractivity contribution >= 4 is 12.3 Å². The van der Waals surface area contributed by atoms with Gasteiger partial charge in [-0.25, -0.2) is 4.79 Å². The van der Waals surface area contributed by atoms with E-state index in [-0.39, 0.29) is 10.8 Å². The molecule has 0 bridgehead atoms. The first-order valence-electron chi connectivity index (χ1n) is 8.49. The number of hydrogen-bond donors (Lipinski definition) is 1. The van der Waals surface area contributed by atoms with Gasteiger partial charge in [0.15, 0.2) is 0 Å². The standard InChI is InChI=1S/C19H26O3/c1-18(12-20)8-3-9-19(2)15-6-4-13(11-17(21)22)10-14(15)5-7-16(18)19/h10-12,15-16H,3-9H2,1-2H3,(H,21,22)/b13-11-/t15-,16?,18+,19+/m0/s1. The molecule has 2 saturated carbocycles. The number of aldehydes is 1. The monoisotopic (exact) mass is 302 g/mol. The third-order valence-corrected chi connectivity index (χ3v) is 6.66. The summed E-state index contributed by atoms with van der Waals surface area (Å²) in [6.07, 6.45) is 12.0. The van der Waals surface area contributed by atoms with Gasteiger partial charge in [0.05, 0.1) is 0 Å². The number of allylic oxidation sites excluding steroid dienone is 3. The van der Waals surface area contributed by atoms with Gasteiger partial charge in [0, 0.05) is 11.5 Å². The lowest BCUT2D eigenvalue weighted by atomic mass is 9.46. The van der Waals surface area contributed by atoms with Crippen LogP contribution >= 0.6 is 0 Å². The van der Waals surface area contributed by atoms with Crippen molar-refractivity contribution < 1.29 is 14.7 Å². The number of carbonyl (C=O) groups excluding carboxylic acids is 1. The van der Waals surface area contributed by atoms with Crippen molar-refractivity contribution in [2.75, 3.05) is 0 Å². The van der Waals surface area contributed by atoms with Gasteiger partial charge < -0.3 is 9.90 Å². The first-order valence-corrected chi connectivity index (χ1v) is 8.49. The molecule has 2 fully saturated rings. The quantitative estimate of drug-likeness (QED) is 0.616. The Morgan fingerprint density at radius 2 is 2.05 bits per heavy atom. The van der Waals surface area contributed by atoms with E-state index in [0.717, 1.165) is 44.1 Å². The summed E-state index contributed by atoms with van der Waals surface area (Å²) in [5, 5.41) is 8.96. The molecule has 0 aromatic carbocycles. The molecule has 3 aliphatic carbocycles. The molecule has 4 atom stereocenters. The number of carboxylic acids is 1. The molecule has 0 saturated heterocycles. The van der Waals surface area contributed by atoms with Gasteiger partial charge in [-0.3, -0.25) is 0 Å². The Labute approximate surface area is 132 Å². The van der Waals surface area contributed by atoms with E-state index in [4.69, 9.17) is 5.11 Å². The summed E-state index contributed by atoms with van der Waals surface area (Å²) in [7, 11) is 0. The third kappa shape index (κ3) is 2.35. The zero-order valence-corrected chi connectivity index (χ0v) is 13.6. The average Bonchev–Trinajstić information content (AvgIpc) is 2.46. The van der Waals surface area contributed by atoms with Crippen LogP contribution in [-0.2, 0) is 9.59 Å². The van der Waals surface area contributed by atoms with Gasteiger partial charge in [0.2, 0.25) is 0 Å². The number of carbonyl (C=O) groups is 2. The van der Waals surface area contributed by atoms with Crippen LogP contribution in [0.15, 0.2) is 23.3 Å². The minimum atomic E-state index is -0.851. The predicted molar refractivity (Wildman–Crippen MR) is 85.4 cm³/mol. The van der Waals surface area contributed by atoms with Crippen LogP contribution in [0.25, 0.3) is 0 Å². The summed E-state index contributed by atoms with van der Waals surface area (Å²) in [6, 6.07) is 0. The van der Waals surface area contributed by atoms with Crippen molar-refractivity contribution in [3.63, 3.8) is 0 Å². The molecular weight excluding hydrogens is 276 g/mol. The van der Waals surface area contributed by atoms with Gasteiger partial charge in [-0.2, -0.15) is 0 Å². The minimum Gasteiger partial charge on any atom is -0.478 e. The number of hydrogen-bond acceptors (Lipinski definition) is 2. The van der Waals surface area contributed by atoms with Crippen LogP contribution in [0.3, 0.4) is 0 Å². The maximum atomic E-state index is 11.7. The van der Waals surface area contributed by atoms with Gasteiger partial charge in [0.25, 0.3) is 0 Å². The Kier molecular flexibility index (Phi) is 3.78. The van der Waals surface area contributed by atoms with Crippen molar-refractivity contribution in [3.05, 3.63) is 23.3 Å². The van der Waals surface area contributed by atoms with Crippen LogP contribution in [0.1, 0.15) is 58.8 Å². The van der Waals surface area contributed by atoms with Gasteiger partial charge in [-0.1, -0.05) is 31.9 Å². The molecule has 1 N–H and O–H groups in total. The predicted octanol–water partition coefficient (Wildman–Crippen LogP) is 4.14. The molecule has 0 spiro atoms. The molecule has 3 nitrogen and oxygen atoms in total. The van der Waals surface area contributed by atoms with Crippen LogP contribution in [0.2, 0.25) is 0 Å². The summed E-state index contributed by atoms with van der Waals surface area (Å²) < 4.78 is 0. The van der Waals surface area contributed by atoms with E-state index in [2.05, 4.69) is 19.9 Å². The molecule has 3 rings (SSSR count). The molecular formula is C19H26O3. The van der Waals surface area contributed by atoms with Crippen LogP contribution in [0.5, 0.6) is 0 Å². The first kappa shape index (κ1) is 15.5. The molecule has 0 heterocycles.